The summed E-state index contributed by atoms with van der Waals surface area (Å²) >= 11 is 0. The van der Waals surface area contributed by atoms with Crippen molar-refractivity contribution in [3.8, 4) is 0 Å². The molecule has 3 aliphatic rings. The zero-order valence-electron chi connectivity index (χ0n) is 68.8. The van der Waals surface area contributed by atoms with Gasteiger partial charge in [0, 0.05) is 6.42 Å². The normalized spacial score (nSPS) is 25.5. The first kappa shape index (κ1) is 101. The van der Waals surface area contributed by atoms with E-state index >= 15 is 0 Å². The van der Waals surface area contributed by atoms with Crippen molar-refractivity contribution in [2.24, 2.45) is 0 Å². The quantitative estimate of drug-likeness (QED) is 0.0199. The summed E-state index contributed by atoms with van der Waals surface area (Å²) in [6.45, 7) is 1.69. The first-order valence-electron chi connectivity index (χ1n) is 45.0. The fourth-order valence-electron chi connectivity index (χ4n) is 15.2. The summed E-state index contributed by atoms with van der Waals surface area (Å²) in [7, 11) is 0. The van der Waals surface area contributed by atoms with E-state index in [4.69, 9.17) is 28.4 Å². The molecule has 19 heteroatoms. The lowest BCUT2D eigenvalue weighted by atomic mass is 9.96. The molecule has 12 N–H and O–H groups in total. The van der Waals surface area contributed by atoms with E-state index in [0.29, 0.717) is 6.42 Å². The molecule has 0 spiro atoms. The van der Waals surface area contributed by atoms with Crippen LogP contribution in [-0.4, -0.2) is 193 Å². The van der Waals surface area contributed by atoms with Gasteiger partial charge in [-0.25, -0.2) is 0 Å². The van der Waals surface area contributed by atoms with Crippen LogP contribution in [0.4, 0.5) is 0 Å². The number of carbonyl (C=O) groups is 1. The summed E-state index contributed by atoms with van der Waals surface area (Å²) < 4.78 is 34.5. The van der Waals surface area contributed by atoms with Crippen LogP contribution in [0.15, 0.2) is 60.8 Å². The van der Waals surface area contributed by atoms with Crippen LogP contribution in [0, 0.1) is 0 Å². The topological polar surface area (TPSA) is 307 Å². The van der Waals surface area contributed by atoms with E-state index < -0.39 is 124 Å². The molecular formula is C90H165NO18. The SMILES string of the molecule is CC/C=C\C/C=C\C/C=C\C/C=C\CCCCCCCCCCCCCCCCCCCCCCCCCCC(=O)NC(COC1OC(CO)C(OC2OC(CO)C(OC3OC(CO)C(O)C(O)C3O)C(O)C2O)C(O)C1O)C(O)/C=C/CCCCCCCCCCCCCCCCCCCCCCCCCCC. The third-order valence-electron chi connectivity index (χ3n) is 22.3. The van der Waals surface area contributed by atoms with Gasteiger partial charge < -0.3 is 89.9 Å². The minimum atomic E-state index is -1.98. The van der Waals surface area contributed by atoms with Crippen molar-refractivity contribution in [2.75, 3.05) is 26.4 Å². The van der Waals surface area contributed by atoms with Crippen LogP contribution < -0.4 is 5.32 Å². The van der Waals surface area contributed by atoms with Crippen LogP contribution in [-0.2, 0) is 33.2 Å². The lowest BCUT2D eigenvalue weighted by molar-refractivity contribution is -0.379. The number of hydrogen-bond donors (Lipinski definition) is 12. The third kappa shape index (κ3) is 48.6. The van der Waals surface area contributed by atoms with Gasteiger partial charge in [-0.2, -0.15) is 0 Å². The second-order valence-corrected chi connectivity index (χ2v) is 32.0. The Morgan fingerprint density at radius 1 is 0.339 bits per heavy atom. The zero-order chi connectivity index (χ0) is 78.8. The van der Waals surface area contributed by atoms with E-state index in [1.807, 2.05) is 6.08 Å². The molecule has 17 atom stereocenters. The highest BCUT2D eigenvalue weighted by Crippen LogP contribution is 2.34. The Balaban J connectivity index is 1.31. The molecule has 1 amide bonds. The minimum absolute atomic E-state index is 0.247. The molecule has 638 valence electrons. The smallest absolute Gasteiger partial charge is 0.220 e. The standard InChI is InChI=1S/C90H165NO18/c1-3-5-7-9-11-13-15-17-19-21-23-25-27-29-31-32-33-34-35-36-37-38-39-40-42-44-46-48-50-52-54-56-58-60-62-64-66-68-78(96)91-73(74(95)67-65-63-61-59-57-55-53-51-49-47-45-43-41-30-28-26-24-22-20-18-16-14-12-10-8-6-4-2)72-104-88-84(102)81(99)86(76(70-93)106-88)109-90-85(103)82(100)87(77(71-94)107-90)108-89-83(101)80(98)79(97)75(69-92)105-89/h5,7,11,13,17,19,23,25,65,67,73-77,79-90,92-95,97-103H,3-4,6,8-10,12,14-16,18,20-22,24,26-64,66,68-72H2,1-2H3,(H,91,96)/b7-5-,13-11-,19-17-,25-23-,67-65+. The lowest BCUT2D eigenvalue weighted by Gasteiger charge is -2.48. The average Bonchev–Trinajstić information content (AvgIpc) is 0.760. The Morgan fingerprint density at radius 2 is 0.633 bits per heavy atom. The molecule has 0 aromatic heterocycles. The maximum absolute atomic E-state index is 13.5. The molecule has 3 heterocycles. The summed E-state index contributed by atoms with van der Waals surface area (Å²) in [5, 5.41) is 121. The first-order valence-corrected chi connectivity index (χ1v) is 45.0. The number of amides is 1. The van der Waals surface area contributed by atoms with Crippen LogP contribution in [0.5, 0.6) is 0 Å². The molecule has 3 fully saturated rings. The van der Waals surface area contributed by atoms with Crippen molar-refractivity contribution in [3.63, 3.8) is 0 Å². The van der Waals surface area contributed by atoms with E-state index in [9.17, 15) is 61.0 Å². The van der Waals surface area contributed by atoms with Crippen molar-refractivity contribution >= 4 is 5.91 Å². The van der Waals surface area contributed by atoms with Gasteiger partial charge in [-0.15, -0.1) is 0 Å². The molecule has 109 heavy (non-hydrogen) atoms. The molecule has 0 radical (unpaired) electrons. The third-order valence-corrected chi connectivity index (χ3v) is 22.3. The van der Waals surface area contributed by atoms with Gasteiger partial charge in [-0.3, -0.25) is 4.79 Å². The highest BCUT2D eigenvalue weighted by Gasteiger charge is 2.54. The second kappa shape index (κ2) is 69.8. The van der Waals surface area contributed by atoms with E-state index in [0.717, 1.165) is 70.6 Å². The Morgan fingerprint density at radius 3 is 0.991 bits per heavy atom. The maximum Gasteiger partial charge on any atom is 0.220 e. The van der Waals surface area contributed by atoms with E-state index in [2.05, 4.69) is 67.8 Å². The summed E-state index contributed by atoms with van der Waals surface area (Å²) in [6.07, 6.45) is 65.2. The van der Waals surface area contributed by atoms with Gasteiger partial charge in [-0.1, -0.05) is 370 Å². The predicted octanol–water partition coefficient (Wildman–Crippen LogP) is 17.0. The number of unbranched alkanes of at least 4 members (excludes halogenated alkanes) is 49. The molecule has 0 bridgehead atoms. The number of ether oxygens (including phenoxy) is 6. The largest absolute Gasteiger partial charge is 0.394 e. The molecule has 0 aliphatic carbocycles. The fraction of sp³-hybridized carbons (Fsp3) is 0.878. The van der Waals surface area contributed by atoms with Gasteiger partial charge >= 0.3 is 0 Å². The Labute approximate surface area is 662 Å². The molecular weight excluding hydrogens is 1380 g/mol. The van der Waals surface area contributed by atoms with Gasteiger partial charge in [0.05, 0.1) is 38.6 Å². The first-order chi connectivity index (χ1) is 53.3. The van der Waals surface area contributed by atoms with Crippen LogP contribution in [0.1, 0.15) is 373 Å². The molecule has 0 aromatic carbocycles. The second-order valence-electron chi connectivity index (χ2n) is 32.0. The molecule has 0 saturated carbocycles. The Hall–Kier alpha value is -2.51. The number of allylic oxidation sites excluding steroid dienone is 9. The molecule has 0 aromatic rings. The van der Waals surface area contributed by atoms with E-state index in [1.165, 1.54) is 276 Å². The number of rotatable bonds is 73. The number of aliphatic hydroxyl groups is 11. The maximum atomic E-state index is 13.5. The van der Waals surface area contributed by atoms with Crippen LogP contribution >= 0.6 is 0 Å². The van der Waals surface area contributed by atoms with Gasteiger partial charge in [0.2, 0.25) is 5.91 Å². The monoisotopic (exact) mass is 1550 g/mol. The fourth-order valence-corrected chi connectivity index (χ4v) is 15.2. The highest BCUT2D eigenvalue weighted by atomic mass is 16.8. The van der Waals surface area contributed by atoms with E-state index in [1.54, 1.807) is 6.08 Å². The minimum Gasteiger partial charge on any atom is -0.394 e. The van der Waals surface area contributed by atoms with Crippen molar-refractivity contribution in [2.45, 2.75) is 478 Å². The van der Waals surface area contributed by atoms with Crippen LogP contribution in [0.2, 0.25) is 0 Å². The summed E-state index contributed by atoms with van der Waals surface area (Å²) in [4.78, 5) is 13.5. The van der Waals surface area contributed by atoms with Gasteiger partial charge in [-0.05, 0) is 57.8 Å². The van der Waals surface area contributed by atoms with Crippen molar-refractivity contribution in [1.82, 2.24) is 5.32 Å². The summed E-state index contributed by atoms with van der Waals surface area (Å²) in [5.41, 5.74) is 0. The summed E-state index contributed by atoms with van der Waals surface area (Å²) in [5.74, 6) is -0.268. The molecule has 3 rings (SSSR count). The number of hydrogen-bond acceptors (Lipinski definition) is 18. The lowest BCUT2D eigenvalue weighted by Crippen LogP contribution is -2.66. The predicted molar refractivity (Wildman–Crippen MR) is 439 cm³/mol. The number of carbonyl (C=O) groups excluding carboxylic acids is 1. The van der Waals surface area contributed by atoms with Crippen molar-refractivity contribution < 1.29 is 89.4 Å². The van der Waals surface area contributed by atoms with Gasteiger partial charge in [0.1, 0.15) is 73.2 Å². The van der Waals surface area contributed by atoms with Gasteiger partial charge in [0.25, 0.3) is 0 Å². The molecule has 3 aliphatic heterocycles. The van der Waals surface area contributed by atoms with Crippen LogP contribution in [0.25, 0.3) is 0 Å². The highest BCUT2D eigenvalue weighted by molar-refractivity contribution is 5.76. The molecule has 3 saturated heterocycles. The molecule has 19 nitrogen and oxygen atoms in total. The summed E-state index contributed by atoms with van der Waals surface area (Å²) in [6, 6.07) is -0.975. The average molecular weight is 1550 g/mol. The molecule has 17 unspecified atom stereocenters. The van der Waals surface area contributed by atoms with Crippen molar-refractivity contribution in [3.05, 3.63) is 60.8 Å². The van der Waals surface area contributed by atoms with Crippen molar-refractivity contribution in [1.29, 1.82) is 0 Å². The van der Waals surface area contributed by atoms with Gasteiger partial charge in [0.15, 0.2) is 18.9 Å². The van der Waals surface area contributed by atoms with E-state index in [-0.39, 0.29) is 18.9 Å². The Bertz CT molecular complexity index is 2200. The van der Waals surface area contributed by atoms with Crippen LogP contribution in [0.3, 0.4) is 0 Å². The number of nitrogens with one attached hydrogen (secondary N) is 1. The number of aliphatic hydroxyl groups excluding tert-OH is 11. The zero-order valence-corrected chi connectivity index (χ0v) is 68.8. The Kier molecular flexibility index (Phi) is 64.4.